The number of hydrogen-bond acceptors (Lipinski definition) is 7. The molecule has 0 aromatic heterocycles. The summed E-state index contributed by atoms with van der Waals surface area (Å²) in [5.74, 6) is -0.372. The number of nitrogens with zero attached hydrogens (tertiary/aromatic N) is 1. The van der Waals surface area contributed by atoms with Gasteiger partial charge in [-0.2, -0.15) is 0 Å². The van der Waals surface area contributed by atoms with E-state index in [0.29, 0.717) is 24.1 Å². The van der Waals surface area contributed by atoms with E-state index in [9.17, 15) is 14.3 Å². The summed E-state index contributed by atoms with van der Waals surface area (Å²) in [7, 11) is 1.32. The molecule has 0 aliphatic carbocycles. The molecule has 0 rings (SSSR count). The first kappa shape index (κ1) is 51.7. The number of phosphoric ester groups is 1. The van der Waals surface area contributed by atoms with Crippen molar-refractivity contribution in [3.63, 3.8) is 0 Å². The van der Waals surface area contributed by atoms with Crippen LogP contribution < -0.4 is 4.89 Å². The van der Waals surface area contributed by atoms with Crippen LogP contribution in [0.5, 0.6) is 0 Å². The highest BCUT2D eigenvalue weighted by molar-refractivity contribution is 7.45. The van der Waals surface area contributed by atoms with Gasteiger partial charge in [0, 0.05) is 13.0 Å². The summed E-state index contributed by atoms with van der Waals surface area (Å²) in [6, 6.07) is 0. The van der Waals surface area contributed by atoms with E-state index in [1.807, 2.05) is 21.1 Å². The Balaban J connectivity index is 4.23. The lowest BCUT2D eigenvalue weighted by Gasteiger charge is -2.28. The smallest absolute Gasteiger partial charge is 0.306 e. The summed E-state index contributed by atoms with van der Waals surface area (Å²) < 4.78 is 34.3. The fourth-order valence-electron chi connectivity index (χ4n) is 4.99. The van der Waals surface area contributed by atoms with Crippen molar-refractivity contribution in [2.75, 3.05) is 54.1 Å². The second-order valence-corrected chi connectivity index (χ2v) is 16.0. The first-order valence-corrected chi connectivity index (χ1v) is 22.3. The maximum atomic E-state index is 12.6. The molecule has 9 heteroatoms. The number of esters is 1. The maximum absolute atomic E-state index is 12.6. The van der Waals surface area contributed by atoms with Crippen LogP contribution in [0, 0.1) is 0 Å². The summed E-state index contributed by atoms with van der Waals surface area (Å²) >= 11 is 0. The fourth-order valence-corrected chi connectivity index (χ4v) is 5.72. The van der Waals surface area contributed by atoms with Gasteiger partial charge >= 0.3 is 5.97 Å². The van der Waals surface area contributed by atoms with Crippen molar-refractivity contribution in [2.45, 2.75) is 142 Å². The van der Waals surface area contributed by atoms with Crippen molar-refractivity contribution in [3.8, 4) is 0 Å². The van der Waals surface area contributed by atoms with Gasteiger partial charge in [0.2, 0.25) is 0 Å². The van der Waals surface area contributed by atoms with Crippen LogP contribution in [-0.2, 0) is 27.9 Å². The summed E-state index contributed by atoms with van der Waals surface area (Å²) in [5, 5.41) is 0. The van der Waals surface area contributed by atoms with Crippen LogP contribution in [0.15, 0.2) is 85.1 Å². The first-order valence-electron chi connectivity index (χ1n) is 20.8. The number of phosphoric acid groups is 1. The van der Waals surface area contributed by atoms with E-state index < -0.39 is 13.9 Å². The van der Waals surface area contributed by atoms with Crippen molar-refractivity contribution in [1.29, 1.82) is 0 Å². The number of carbonyl (C=O) groups is 1. The molecule has 0 heterocycles. The molecule has 0 N–H and O–H groups in total. The molecule has 0 amide bonds. The topological polar surface area (TPSA) is 94.1 Å². The lowest BCUT2D eigenvalue weighted by atomic mass is 10.1. The average molecular weight is 776 g/mol. The van der Waals surface area contributed by atoms with E-state index in [2.05, 4.69) is 98.9 Å². The standard InChI is InChI=1S/C45H78NO7P/c1-6-8-10-12-14-15-16-17-18-19-20-21-22-23-24-25-26-27-28-29-30-31-32-34-36-38-45(47)53-44(42-50-40-37-35-33-13-11-9-7-2)43-52-54(48,49)51-41-39-46(3,4)5/h8,10,14-15,17-18,20-21,23-24,26-27,29-30,44H,6-7,9,11-13,16,19,22,25,28,31-43H2,1-5H3/b10-8-,15-14-,18-17-,21-20-,24-23-,27-26-,30-29-. The molecule has 0 aromatic carbocycles. The molecule has 0 fully saturated rings. The molecule has 0 radical (unpaired) electrons. The molecule has 54 heavy (non-hydrogen) atoms. The zero-order valence-electron chi connectivity index (χ0n) is 34.9. The highest BCUT2D eigenvalue weighted by Gasteiger charge is 2.20. The van der Waals surface area contributed by atoms with Crippen molar-refractivity contribution >= 4 is 13.8 Å². The molecule has 0 aliphatic rings. The van der Waals surface area contributed by atoms with E-state index in [-0.39, 0.29) is 32.2 Å². The van der Waals surface area contributed by atoms with Gasteiger partial charge in [-0.3, -0.25) is 9.36 Å². The normalized spacial score (nSPS) is 14.7. The second-order valence-electron chi connectivity index (χ2n) is 14.6. The monoisotopic (exact) mass is 776 g/mol. The molecule has 8 nitrogen and oxygen atoms in total. The lowest BCUT2D eigenvalue weighted by molar-refractivity contribution is -0.870. The largest absolute Gasteiger partial charge is 0.756 e. The van der Waals surface area contributed by atoms with Crippen molar-refractivity contribution in [3.05, 3.63) is 85.1 Å². The number of quaternary nitrogens is 1. The van der Waals surface area contributed by atoms with Crippen LogP contribution >= 0.6 is 7.82 Å². The Morgan fingerprint density at radius 2 is 1.07 bits per heavy atom. The number of allylic oxidation sites excluding steroid dienone is 14. The first-order chi connectivity index (χ1) is 26.1. The number of unbranched alkanes of at least 4 members (excludes halogenated alkanes) is 9. The van der Waals surface area contributed by atoms with Crippen LogP contribution in [0.25, 0.3) is 0 Å². The van der Waals surface area contributed by atoms with Crippen LogP contribution in [0.3, 0.4) is 0 Å². The van der Waals surface area contributed by atoms with Gasteiger partial charge in [0.05, 0.1) is 34.4 Å². The third-order valence-electron chi connectivity index (χ3n) is 8.21. The van der Waals surface area contributed by atoms with Gasteiger partial charge in [-0.1, -0.05) is 144 Å². The van der Waals surface area contributed by atoms with Crippen LogP contribution in [0.1, 0.15) is 136 Å². The zero-order chi connectivity index (χ0) is 39.9. The lowest BCUT2D eigenvalue weighted by Crippen LogP contribution is -2.37. The Kier molecular flexibility index (Phi) is 36.0. The molecular formula is C45H78NO7P. The third kappa shape index (κ3) is 40.9. The van der Waals surface area contributed by atoms with Gasteiger partial charge in [0.15, 0.2) is 0 Å². The van der Waals surface area contributed by atoms with Gasteiger partial charge in [-0.25, -0.2) is 0 Å². The molecular weight excluding hydrogens is 697 g/mol. The summed E-state index contributed by atoms with van der Waals surface area (Å²) in [6.45, 7) is 5.18. The molecule has 0 aliphatic heterocycles. The Labute approximate surface area is 331 Å². The average Bonchev–Trinajstić information content (AvgIpc) is 3.12. The minimum atomic E-state index is -4.53. The van der Waals surface area contributed by atoms with Crippen LogP contribution in [-0.4, -0.2) is 70.7 Å². The van der Waals surface area contributed by atoms with E-state index >= 15 is 0 Å². The Hall–Kier alpha value is -2.32. The Bertz CT molecular complexity index is 1130. The van der Waals surface area contributed by atoms with Gasteiger partial charge in [-0.15, -0.1) is 0 Å². The maximum Gasteiger partial charge on any atom is 0.306 e. The number of likely N-dealkylation sites (N-methyl/N-ethyl adjacent to an activating group) is 1. The van der Waals surface area contributed by atoms with Crippen LogP contribution in [0.4, 0.5) is 0 Å². The van der Waals surface area contributed by atoms with E-state index in [0.717, 1.165) is 77.0 Å². The number of ether oxygens (including phenoxy) is 2. The molecule has 2 unspecified atom stereocenters. The zero-order valence-corrected chi connectivity index (χ0v) is 35.8. The second kappa shape index (κ2) is 37.6. The fraction of sp³-hybridized carbons (Fsp3) is 0.667. The summed E-state index contributed by atoms with van der Waals surface area (Å²) in [4.78, 5) is 24.9. The van der Waals surface area contributed by atoms with Crippen molar-refractivity contribution in [2.24, 2.45) is 0 Å². The minimum absolute atomic E-state index is 0.0151. The van der Waals surface area contributed by atoms with Crippen LogP contribution in [0.2, 0.25) is 0 Å². The molecule has 310 valence electrons. The van der Waals surface area contributed by atoms with Crippen molar-refractivity contribution < 1.29 is 37.3 Å². The minimum Gasteiger partial charge on any atom is -0.756 e. The summed E-state index contributed by atoms with van der Waals surface area (Å²) in [5.41, 5.74) is 0. The van der Waals surface area contributed by atoms with Gasteiger partial charge in [-0.05, 0) is 70.6 Å². The molecule has 0 saturated carbocycles. The number of carbonyl (C=O) groups excluding carboxylic acids is 1. The number of rotatable bonds is 37. The predicted molar refractivity (Wildman–Crippen MR) is 226 cm³/mol. The van der Waals surface area contributed by atoms with Gasteiger partial charge < -0.3 is 27.9 Å². The SMILES string of the molecule is CC/C=C\C/C=C\C/C=C\C/C=C\C/C=C\C/C=C\C/C=C\CCCCCC(=O)OC(COCCCCCCCCC)COP(=O)([O-])OCC[N+](C)(C)C. The van der Waals surface area contributed by atoms with E-state index in [1.54, 1.807) is 0 Å². The van der Waals surface area contributed by atoms with E-state index in [4.69, 9.17) is 18.5 Å². The van der Waals surface area contributed by atoms with Gasteiger partial charge in [0.25, 0.3) is 7.82 Å². The molecule has 2 atom stereocenters. The quantitative estimate of drug-likeness (QED) is 0.0204. The van der Waals surface area contributed by atoms with Gasteiger partial charge in [0.1, 0.15) is 19.3 Å². The van der Waals surface area contributed by atoms with Crippen molar-refractivity contribution in [1.82, 2.24) is 0 Å². The highest BCUT2D eigenvalue weighted by atomic mass is 31.2. The van der Waals surface area contributed by atoms with E-state index in [1.165, 1.54) is 32.1 Å². The highest BCUT2D eigenvalue weighted by Crippen LogP contribution is 2.38. The Morgan fingerprint density at radius 1 is 0.593 bits per heavy atom. The number of hydrogen-bond donors (Lipinski definition) is 0. The molecule has 0 spiro atoms. The molecule has 0 aromatic rings. The molecule has 0 saturated heterocycles. The predicted octanol–water partition coefficient (Wildman–Crippen LogP) is 11.5. The third-order valence-corrected chi connectivity index (χ3v) is 9.18. The summed E-state index contributed by atoms with van der Waals surface area (Å²) in [6.07, 6.45) is 49.0. The Morgan fingerprint density at radius 3 is 1.59 bits per heavy atom. The molecule has 0 bridgehead atoms.